The van der Waals surface area contributed by atoms with E-state index in [9.17, 15) is 48.3 Å². The molecule has 13 atom stereocenters. The second kappa shape index (κ2) is 35.6. The van der Waals surface area contributed by atoms with Gasteiger partial charge in [-0.15, -0.1) is 0 Å². The summed E-state index contributed by atoms with van der Waals surface area (Å²) in [7, 11) is 9.94. The molecule has 1 aliphatic heterocycles. The normalized spacial score (nSPS) is 27.0. The van der Waals surface area contributed by atoms with Gasteiger partial charge in [0.25, 0.3) is 0 Å². The van der Waals surface area contributed by atoms with Crippen molar-refractivity contribution in [2.24, 2.45) is 41.4 Å². The van der Waals surface area contributed by atoms with E-state index in [1.807, 2.05) is 67.5 Å². The highest BCUT2D eigenvalue weighted by molar-refractivity contribution is 5.99. The van der Waals surface area contributed by atoms with Crippen molar-refractivity contribution in [1.82, 2.24) is 55.6 Å². The third-order valence-electron chi connectivity index (χ3n) is 16.6. The number of likely N-dealkylation sites (N-methyl/N-ethyl adjacent to an activating group) is 7. The van der Waals surface area contributed by atoms with E-state index in [-0.39, 0.29) is 43.4 Å². The zero-order chi connectivity index (χ0) is 66.7. The Morgan fingerprint density at radius 2 is 0.919 bits per heavy atom. The summed E-state index contributed by atoms with van der Waals surface area (Å²) in [5.41, 5.74) is 0. The smallest absolute Gasteiger partial charge is 0.246 e. The van der Waals surface area contributed by atoms with E-state index in [4.69, 9.17) is 0 Å². The number of aliphatic hydroxyl groups excluding tert-OH is 1. The standard InChI is InChI=1S/C63H113N11O12/c1-25-28-29-30-41(15)53(76)52-57(80)66-44(27-3)59(82)68(18)34-48(75)72(22)51(40(14)26-2)56(79)67-49(38(10)11)62(85)69(19)45(31-35(4)5)55(78)64-42(16)54(77)65-43(17)58(81)70(20)46(32-36(6)7)60(83)71(21)47(33-37(8)9)61(84)73(23)50(39(12)13)63(86)74(52)24/h28-29,35-47,49-53,76H,25-27,30-34H2,1-24H3,(H,64,78)(H,65,77)(H,66,80)(H,67,79)/b29-28+/t40?,41-,42?,43-,44?,45-,46+,47+,49-,50+,51?,52?,53-/m1/s1. The fraction of sp³-hybridized carbons (Fsp3) is 0.794. The zero-order valence-electron chi connectivity index (χ0n) is 56.8. The van der Waals surface area contributed by atoms with Gasteiger partial charge in [-0.25, -0.2) is 0 Å². The molecule has 0 aromatic rings. The van der Waals surface area contributed by atoms with E-state index in [1.165, 1.54) is 87.7 Å². The van der Waals surface area contributed by atoms with Crippen molar-refractivity contribution in [3.05, 3.63) is 12.2 Å². The van der Waals surface area contributed by atoms with Gasteiger partial charge < -0.3 is 60.7 Å². The lowest BCUT2D eigenvalue weighted by molar-refractivity contribution is -0.157. The molecule has 0 saturated carbocycles. The van der Waals surface area contributed by atoms with Gasteiger partial charge in [0.05, 0.1) is 12.6 Å². The molecule has 1 heterocycles. The first-order valence-corrected chi connectivity index (χ1v) is 31.2. The van der Waals surface area contributed by atoms with E-state index < -0.39 is 162 Å². The largest absolute Gasteiger partial charge is 0.390 e. The second-order valence-corrected chi connectivity index (χ2v) is 26.1. The van der Waals surface area contributed by atoms with E-state index in [0.717, 1.165) is 9.80 Å². The number of carbonyl (C=O) groups excluding carboxylic acids is 11. The van der Waals surface area contributed by atoms with E-state index in [2.05, 4.69) is 21.3 Å². The van der Waals surface area contributed by atoms with Crippen LogP contribution in [-0.2, 0) is 52.7 Å². The van der Waals surface area contributed by atoms with Crippen LogP contribution < -0.4 is 21.3 Å². The third kappa shape index (κ3) is 21.3. The average molecular weight is 1220 g/mol. The van der Waals surface area contributed by atoms with Gasteiger partial charge in [0.1, 0.15) is 60.4 Å². The minimum absolute atomic E-state index is 0.0231. The van der Waals surface area contributed by atoms with Gasteiger partial charge in [-0.2, -0.15) is 0 Å². The van der Waals surface area contributed by atoms with Crippen molar-refractivity contribution in [1.29, 1.82) is 0 Å². The molecule has 492 valence electrons. The topological polar surface area (TPSA) is 279 Å². The molecule has 5 unspecified atom stereocenters. The van der Waals surface area contributed by atoms with Crippen LogP contribution in [0.1, 0.15) is 163 Å². The maximum atomic E-state index is 15.2. The van der Waals surface area contributed by atoms with Crippen LogP contribution in [0.4, 0.5) is 0 Å². The first kappa shape index (κ1) is 77.9. The predicted molar refractivity (Wildman–Crippen MR) is 333 cm³/mol. The number of rotatable bonds is 16. The maximum absolute atomic E-state index is 15.2. The number of nitrogens with zero attached hydrogens (tertiary/aromatic N) is 7. The zero-order valence-corrected chi connectivity index (χ0v) is 56.8. The lowest BCUT2D eigenvalue weighted by Crippen LogP contribution is -2.63. The third-order valence-corrected chi connectivity index (χ3v) is 16.6. The predicted octanol–water partition coefficient (Wildman–Crippen LogP) is 3.66. The van der Waals surface area contributed by atoms with Crippen LogP contribution in [0.25, 0.3) is 0 Å². The Bertz CT molecular complexity index is 2350. The van der Waals surface area contributed by atoms with Crippen LogP contribution in [0.3, 0.4) is 0 Å². The van der Waals surface area contributed by atoms with E-state index in [0.29, 0.717) is 19.3 Å². The quantitative estimate of drug-likeness (QED) is 0.139. The molecular formula is C63H113N11O12. The number of allylic oxidation sites excluding steroid dienone is 2. The number of nitrogens with one attached hydrogen (secondary N) is 4. The first-order chi connectivity index (χ1) is 39.8. The number of amides is 11. The van der Waals surface area contributed by atoms with Gasteiger partial charge in [0, 0.05) is 49.3 Å². The summed E-state index contributed by atoms with van der Waals surface area (Å²) in [5.74, 6) is -10.0. The Morgan fingerprint density at radius 1 is 0.465 bits per heavy atom. The molecule has 1 aliphatic rings. The summed E-state index contributed by atoms with van der Waals surface area (Å²) in [5, 5.41) is 23.2. The average Bonchev–Trinajstić information content (AvgIpc) is 2.76. The van der Waals surface area contributed by atoms with Crippen molar-refractivity contribution in [3.8, 4) is 0 Å². The summed E-state index contributed by atoms with van der Waals surface area (Å²) >= 11 is 0. The number of carbonyl (C=O) groups is 11. The SMILES string of the molecule is CC/C=C/C[C@@H](C)[C@@H](O)C1C(=O)NC(CC)C(=O)N(C)CC(=O)N(C)C(C(C)CC)C(=O)N[C@H](C(C)C)C(=O)N(C)[C@H](CC(C)C)C(=O)NC(C)C(=O)N[C@H](C)C(=O)N(C)[C@@H](CC(C)C)C(=O)N(C)[C@@H](CC(C)C)C(=O)N(C)[C@@H](C(C)C)C(=O)N1C. The molecule has 0 spiro atoms. The second-order valence-electron chi connectivity index (χ2n) is 26.1. The summed E-state index contributed by atoms with van der Waals surface area (Å²) in [6, 6.07) is -12.3. The molecule has 0 aliphatic carbocycles. The molecule has 1 fully saturated rings. The van der Waals surface area contributed by atoms with Crippen molar-refractivity contribution >= 4 is 65.0 Å². The van der Waals surface area contributed by atoms with Crippen LogP contribution in [0.15, 0.2) is 12.2 Å². The fourth-order valence-electron chi connectivity index (χ4n) is 10.9. The van der Waals surface area contributed by atoms with Gasteiger partial charge >= 0.3 is 0 Å². The highest BCUT2D eigenvalue weighted by Crippen LogP contribution is 2.26. The number of hydrogen-bond acceptors (Lipinski definition) is 12. The highest BCUT2D eigenvalue weighted by atomic mass is 16.3. The van der Waals surface area contributed by atoms with Crippen molar-refractivity contribution in [2.45, 2.75) is 229 Å². The molecular weight excluding hydrogens is 1100 g/mol. The van der Waals surface area contributed by atoms with Crippen LogP contribution in [0.5, 0.6) is 0 Å². The molecule has 1 saturated heterocycles. The van der Waals surface area contributed by atoms with Gasteiger partial charge in [-0.05, 0) is 93.8 Å². The summed E-state index contributed by atoms with van der Waals surface area (Å²) in [6.45, 7) is 29.4. The molecule has 23 heteroatoms. The van der Waals surface area contributed by atoms with E-state index >= 15 is 9.59 Å². The molecule has 23 nitrogen and oxygen atoms in total. The Balaban J connectivity index is 4.34. The molecule has 1 rings (SSSR count). The van der Waals surface area contributed by atoms with Crippen LogP contribution in [-0.4, -0.2) is 227 Å². The lowest BCUT2D eigenvalue weighted by Gasteiger charge is -2.41. The minimum Gasteiger partial charge on any atom is -0.390 e. The van der Waals surface area contributed by atoms with Gasteiger partial charge in [0.15, 0.2) is 0 Å². The Morgan fingerprint density at radius 3 is 1.38 bits per heavy atom. The molecule has 0 aromatic carbocycles. The molecule has 5 N–H and O–H groups in total. The highest BCUT2D eigenvalue weighted by Gasteiger charge is 2.46. The molecule has 0 bridgehead atoms. The molecule has 11 amide bonds. The van der Waals surface area contributed by atoms with Crippen molar-refractivity contribution in [3.63, 3.8) is 0 Å². The van der Waals surface area contributed by atoms with Gasteiger partial charge in [0.2, 0.25) is 65.0 Å². The minimum atomic E-state index is -1.61. The summed E-state index contributed by atoms with van der Waals surface area (Å²) in [6.07, 6.45) is 4.22. The summed E-state index contributed by atoms with van der Waals surface area (Å²) in [4.78, 5) is 169. The van der Waals surface area contributed by atoms with Crippen LogP contribution >= 0.6 is 0 Å². The maximum Gasteiger partial charge on any atom is 0.246 e. The molecule has 0 radical (unpaired) electrons. The van der Waals surface area contributed by atoms with Gasteiger partial charge in [-0.3, -0.25) is 52.7 Å². The Kier molecular flexibility index (Phi) is 32.3. The van der Waals surface area contributed by atoms with E-state index in [1.54, 1.807) is 48.5 Å². The van der Waals surface area contributed by atoms with Gasteiger partial charge in [-0.1, -0.05) is 122 Å². The summed E-state index contributed by atoms with van der Waals surface area (Å²) < 4.78 is 0. The molecule has 86 heavy (non-hydrogen) atoms. The fourth-order valence-corrected chi connectivity index (χ4v) is 10.9. The first-order valence-electron chi connectivity index (χ1n) is 31.2. The lowest BCUT2D eigenvalue weighted by atomic mass is 9.91. The number of hydrogen-bond donors (Lipinski definition) is 5. The van der Waals surface area contributed by atoms with Crippen LogP contribution in [0, 0.1) is 41.4 Å². The Hall–Kier alpha value is -6.13. The van der Waals surface area contributed by atoms with Crippen molar-refractivity contribution < 1.29 is 57.8 Å². The monoisotopic (exact) mass is 1220 g/mol. The van der Waals surface area contributed by atoms with Crippen molar-refractivity contribution in [2.75, 3.05) is 55.9 Å². The molecule has 0 aromatic heterocycles. The van der Waals surface area contributed by atoms with Crippen LogP contribution in [0.2, 0.25) is 0 Å². The number of aliphatic hydroxyl groups is 1. The Labute approximate surface area is 515 Å².